The van der Waals surface area contributed by atoms with Crippen molar-refractivity contribution in [2.24, 2.45) is 0 Å². The monoisotopic (exact) mass is 317 g/mol. The number of amides is 1. The number of carbonyl (C=O) groups excluding carboxylic acids is 1. The predicted molar refractivity (Wildman–Crippen MR) is 85.0 cm³/mol. The van der Waals surface area contributed by atoms with E-state index in [0.717, 1.165) is 42.8 Å². The fourth-order valence-corrected chi connectivity index (χ4v) is 2.98. The summed E-state index contributed by atoms with van der Waals surface area (Å²) in [4.78, 5) is 12.3. The van der Waals surface area contributed by atoms with Gasteiger partial charge in [-0.1, -0.05) is 19.0 Å². The van der Waals surface area contributed by atoms with Crippen molar-refractivity contribution in [3.05, 3.63) is 34.5 Å². The molecule has 0 fully saturated rings. The lowest BCUT2D eigenvalue weighted by Gasteiger charge is -2.12. The van der Waals surface area contributed by atoms with Gasteiger partial charge in [0.1, 0.15) is 0 Å². The van der Waals surface area contributed by atoms with Gasteiger partial charge in [-0.15, -0.1) is 0 Å². The van der Waals surface area contributed by atoms with Gasteiger partial charge in [-0.2, -0.15) is 5.10 Å². The Morgan fingerprint density at radius 1 is 1.43 bits per heavy atom. The Morgan fingerprint density at radius 3 is 3.04 bits per heavy atom. The number of aromatic amines is 1. The van der Waals surface area contributed by atoms with E-state index in [1.807, 2.05) is 6.07 Å². The second kappa shape index (κ2) is 6.95. The second-order valence-electron chi connectivity index (χ2n) is 5.87. The van der Waals surface area contributed by atoms with E-state index in [0.29, 0.717) is 30.5 Å². The smallest absolute Gasteiger partial charge is 0.272 e. The molecule has 3 heterocycles. The molecule has 0 saturated heterocycles. The van der Waals surface area contributed by atoms with E-state index in [1.165, 1.54) is 0 Å². The largest absolute Gasteiger partial charge is 0.359 e. The number of hydrogen-bond donors (Lipinski definition) is 3. The zero-order valence-corrected chi connectivity index (χ0v) is 13.6. The number of hydrogen-bond acceptors (Lipinski definition) is 5. The molecule has 124 valence electrons. The van der Waals surface area contributed by atoms with Crippen LogP contribution < -0.4 is 10.6 Å². The Morgan fingerprint density at radius 2 is 2.26 bits per heavy atom. The van der Waals surface area contributed by atoms with Gasteiger partial charge in [-0.05, 0) is 12.8 Å². The molecule has 0 atom stereocenters. The Hall–Kier alpha value is -2.15. The number of carbonyl (C=O) groups is 1. The highest BCUT2D eigenvalue weighted by molar-refractivity contribution is 5.93. The summed E-state index contributed by atoms with van der Waals surface area (Å²) < 4.78 is 5.32. The molecule has 0 aliphatic carbocycles. The third kappa shape index (κ3) is 3.29. The molecular weight excluding hydrogens is 294 g/mol. The van der Waals surface area contributed by atoms with E-state index in [1.54, 1.807) is 0 Å². The van der Waals surface area contributed by atoms with E-state index >= 15 is 0 Å². The maximum absolute atomic E-state index is 12.3. The van der Waals surface area contributed by atoms with Gasteiger partial charge in [0, 0.05) is 42.8 Å². The van der Waals surface area contributed by atoms with Crippen molar-refractivity contribution in [1.29, 1.82) is 0 Å². The zero-order chi connectivity index (χ0) is 16.2. The molecule has 1 amide bonds. The quantitative estimate of drug-likeness (QED) is 0.756. The molecule has 23 heavy (non-hydrogen) atoms. The zero-order valence-electron chi connectivity index (χ0n) is 13.6. The van der Waals surface area contributed by atoms with Crippen LogP contribution in [0.15, 0.2) is 10.6 Å². The first-order valence-electron chi connectivity index (χ1n) is 8.23. The Kier molecular flexibility index (Phi) is 4.76. The van der Waals surface area contributed by atoms with E-state index in [-0.39, 0.29) is 5.91 Å². The van der Waals surface area contributed by atoms with Gasteiger partial charge < -0.3 is 15.2 Å². The van der Waals surface area contributed by atoms with Gasteiger partial charge in [0.25, 0.3) is 5.91 Å². The molecule has 0 unspecified atom stereocenters. The van der Waals surface area contributed by atoms with Crippen LogP contribution in [0.1, 0.15) is 65.8 Å². The number of H-pyrrole nitrogens is 1. The van der Waals surface area contributed by atoms with Crippen molar-refractivity contribution in [2.45, 2.75) is 52.1 Å². The first-order chi connectivity index (χ1) is 11.2. The molecular formula is C16H23N5O2. The van der Waals surface area contributed by atoms with E-state index in [9.17, 15) is 4.79 Å². The van der Waals surface area contributed by atoms with Crippen LogP contribution in [0.2, 0.25) is 0 Å². The minimum atomic E-state index is -0.188. The van der Waals surface area contributed by atoms with E-state index < -0.39 is 0 Å². The number of nitrogens with one attached hydrogen (secondary N) is 3. The van der Waals surface area contributed by atoms with Crippen LogP contribution in [0.3, 0.4) is 0 Å². The molecule has 0 bridgehead atoms. The summed E-state index contributed by atoms with van der Waals surface area (Å²) in [7, 11) is 0. The average Bonchev–Trinajstić information content (AvgIpc) is 3.21. The molecule has 7 nitrogen and oxygen atoms in total. The minimum Gasteiger partial charge on any atom is -0.359 e. The van der Waals surface area contributed by atoms with Crippen LogP contribution in [0.4, 0.5) is 0 Å². The van der Waals surface area contributed by atoms with Gasteiger partial charge in [0.2, 0.25) is 0 Å². The third-order valence-corrected chi connectivity index (χ3v) is 4.43. The van der Waals surface area contributed by atoms with E-state index in [2.05, 4.69) is 39.8 Å². The summed E-state index contributed by atoms with van der Waals surface area (Å²) in [6.07, 6.45) is 2.93. The lowest BCUT2D eigenvalue weighted by molar-refractivity contribution is 0.0941. The molecule has 0 radical (unpaired) electrons. The highest BCUT2D eigenvalue weighted by atomic mass is 16.5. The van der Waals surface area contributed by atoms with Crippen LogP contribution in [0, 0.1) is 0 Å². The fraction of sp³-hybridized carbons (Fsp3) is 0.562. The van der Waals surface area contributed by atoms with Crippen molar-refractivity contribution in [1.82, 2.24) is 26.0 Å². The average molecular weight is 317 g/mol. The first kappa shape index (κ1) is 15.7. The SMILES string of the molecule is CCC(CC)c1cc(CNC(=O)c2n[nH]c3c2CNCC3)on1. The van der Waals surface area contributed by atoms with Crippen LogP contribution in [-0.2, 0) is 19.5 Å². The molecule has 2 aromatic heterocycles. The standard InChI is InChI=1S/C16H23N5O2/c1-3-10(4-2)14-7-11(23-21-14)8-18-16(22)15-12-9-17-6-5-13(12)19-20-15/h7,10,17H,3-6,8-9H2,1-2H3,(H,18,22)(H,19,20). The molecule has 0 aromatic carbocycles. The van der Waals surface area contributed by atoms with Crippen molar-refractivity contribution < 1.29 is 9.32 Å². The third-order valence-electron chi connectivity index (χ3n) is 4.43. The lowest BCUT2D eigenvalue weighted by Crippen LogP contribution is -2.28. The maximum Gasteiger partial charge on any atom is 0.272 e. The highest BCUT2D eigenvalue weighted by Crippen LogP contribution is 2.22. The number of nitrogens with zero attached hydrogens (tertiary/aromatic N) is 2. The van der Waals surface area contributed by atoms with Gasteiger partial charge in [-0.25, -0.2) is 0 Å². The topological polar surface area (TPSA) is 95.8 Å². The highest BCUT2D eigenvalue weighted by Gasteiger charge is 2.21. The van der Waals surface area contributed by atoms with Crippen LogP contribution in [-0.4, -0.2) is 27.8 Å². The molecule has 1 aliphatic heterocycles. The van der Waals surface area contributed by atoms with Crippen molar-refractivity contribution >= 4 is 5.91 Å². The van der Waals surface area contributed by atoms with E-state index in [4.69, 9.17) is 4.52 Å². The van der Waals surface area contributed by atoms with Gasteiger partial charge in [-0.3, -0.25) is 9.89 Å². The molecule has 2 aromatic rings. The second-order valence-corrected chi connectivity index (χ2v) is 5.87. The molecule has 0 spiro atoms. The lowest BCUT2D eigenvalue weighted by atomic mass is 9.99. The fourth-order valence-electron chi connectivity index (χ4n) is 2.98. The van der Waals surface area contributed by atoms with Crippen molar-refractivity contribution in [2.75, 3.05) is 6.54 Å². The first-order valence-corrected chi connectivity index (χ1v) is 8.23. The van der Waals surface area contributed by atoms with Crippen molar-refractivity contribution in [3.8, 4) is 0 Å². The summed E-state index contributed by atoms with van der Waals surface area (Å²) in [6.45, 7) is 6.18. The van der Waals surface area contributed by atoms with Crippen LogP contribution in [0.5, 0.6) is 0 Å². The molecule has 3 N–H and O–H groups in total. The van der Waals surface area contributed by atoms with Crippen LogP contribution >= 0.6 is 0 Å². The maximum atomic E-state index is 12.3. The molecule has 1 aliphatic rings. The summed E-state index contributed by atoms with van der Waals surface area (Å²) in [5.41, 5.74) is 3.43. The summed E-state index contributed by atoms with van der Waals surface area (Å²) >= 11 is 0. The Bertz CT molecular complexity index is 672. The summed E-state index contributed by atoms with van der Waals surface area (Å²) in [5.74, 6) is 0.891. The van der Waals surface area contributed by atoms with Crippen LogP contribution in [0.25, 0.3) is 0 Å². The molecule has 3 rings (SSSR count). The predicted octanol–water partition coefficient (Wildman–Crippen LogP) is 1.88. The summed E-state index contributed by atoms with van der Waals surface area (Å²) in [5, 5.41) is 17.3. The molecule has 0 saturated carbocycles. The van der Waals surface area contributed by atoms with Gasteiger partial charge >= 0.3 is 0 Å². The summed E-state index contributed by atoms with van der Waals surface area (Å²) in [6, 6.07) is 1.93. The van der Waals surface area contributed by atoms with Gasteiger partial charge in [0.05, 0.1) is 12.2 Å². The molecule has 7 heteroatoms. The minimum absolute atomic E-state index is 0.188. The Labute approximate surface area is 135 Å². The number of aromatic nitrogens is 3. The number of fused-ring (bicyclic) bond motifs is 1. The normalized spacial score (nSPS) is 14.0. The number of rotatable bonds is 6. The van der Waals surface area contributed by atoms with Crippen molar-refractivity contribution in [3.63, 3.8) is 0 Å². The van der Waals surface area contributed by atoms with Gasteiger partial charge in [0.15, 0.2) is 11.5 Å². The Balaban J connectivity index is 1.62.